The number of nitrogens with one attached hydrogen (secondary N) is 1. The highest BCUT2D eigenvalue weighted by atomic mass is 79.9. The van der Waals surface area contributed by atoms with Crippen molar-refractivity contribution in [1.82, 2.24) is 5.43 Å². The van der Waals surface area contributed by atoms with Crippen molar-refractivity contribution in [2.75, 3.05) is 5.75 Å². The zero-order chi connectivity index (χ0) is 15.8. The van der Waals surface area contributed by atoms with Crippen molar-refractivity contribution in [2.24, 2.45) is 5.10 Å². The first-order chi connectivity index (χ1) is 10.6. The van der Waals surface area contributed by atoms with Crippen LogP contribution in [0.3, 0.4) is 0 Å². The average Bonchev–Trinajstić information content (AvgIpc) is 2.51. The molecule has 2 aromatic carbocycles. The fourth-order valence-electron chi connectivity index (χ4n) is 1.63. The largest absolute Gasteiger partial charge is 0.272 e. The third-order valence-corrected chi connectivity index (χ3v) is 5.01. The van der Waals surface area contributed by atoms with Crippen LogP contribution in [-0.4, -0.2) is 17.9 Å². The van der Waals surface area contributed by atoms with E-state index in [2.05, 4.69) is 42.4 Å². The zero-order valence-electron chi connectivity index (χ0n) is 11.6. The summed E-state index contributed by atoms with van der Waals surface area (Å²) in [7, 11) is 0. The fraction of sp³-hybridized carbons (Fsp3) is 0.125. The molecule has 0 bridgehead atoms. The lowest BCUT2D eigenvalue weighted by atomic mass is 10.2. The van der Waals surface area contributed by atoms with Gasteiger partial charge in [0.1, 0.15) is 0 Å². The van der Waals surface area contributed by atoms with Gasteiger partial charge in [-0.25, -0.2) is 5.43 Å². The Labute approximate surface area is 150 Å². The van der Waals surface area contributed by atoms with E-state index >= 15 is 0 Å². The van der Waals surface area contributed by atoms with E-state index in [1.165, 1.54) is 5.56 Å². The second kappa shape index (κ2) is 9.12. The van der Waals surface area contributed by atoms with Gasteiger partial charge in [0.2, 0.25) is 5.91 Å². The summed E-state index contributed by atoms with van der Waals surface area (Å²) < 4.78 is 2.08. The molecular weight excluding hydrogens is 428 g/mol. The Morgan fingerprint density at radius 1 is 1.14 bits per heavy atom. The minimum absolute atomic E-state index is 0.106. The quantitative estimate of drug-likeness (QED) is 0.525. The lowest BCUT2D eigenvalue weighted by molar-refractivity contribution is -0.118. The normalized spacial score (nSPS) is 10.8. The van der Waals surface area contributed by atoms with E-state index in [1.54, 1.807) is 18.0 Å². The minimum atomic E-state index is -0.106. The predicted molar refractivity (Wildman–Crippen MR) is 100 cm³/mol. The first kappa shape index (κ1) is 17.2. The number of nitrogens with zero attached hydrogens (tertiary/aromatic N) is 1. The van der Waals surface area contributed by atoms with Gasteiger partial charge >= 0.3 is 0 Å². The predicted octanol–water partition coefficient (Wildman–Crippen LogP) is 4.60. The number of thioether (sulfide) groups is 1. The van der Waals surface area contributed by atoms with Gasteiger partial charge in [0.05, 0.1) is 12.0 Å². The molecule has 1 amide bonds. The molecule has 0 saturated carbocycles. The molecule has 114 valence electrons. The molecule has 6 heteroatoms. The lowest BCUT2D eigenvalue weighted by Crippen LogP contribution is -2.19. The maximum Gasteiger partial charge on any atom is 0.250 e. The molecule has 22 heavy (non-hydrogen) atoms. The topological polar surface area (TPSA) is 41.5 Å². The number of benzene rings is 2. The molecule has 0 aliphatic carbocycles. The third-order valence-electron chi connectivity index (χ3n) is 2.72. The molecule has 0 spiro atoms. The molecule has 0 radical (unpaired) electrons. The third kappa shape index (κ3) is 5.94. The van der Waals surface area contributed by atoms with Gasteiger partial charge in [-0.2, -0.15) is 5.10 Å². The zero-order valence-corrected chi connectivity index (χ0v) is 15.6. The Morgan fingerprint density at radius 3 is 2.59 bits per heavy atom. The summed E-state index contributed by atoms with van der Waals surface area (Å²) in [5.41, 5.74) is 4.65. The Balaban J connectivity index is 1.72. The van der Waals surface area contributed by atoms with E-state index in [-0.39, 0.29) is 5.91 Å². The second-order valence-electron chi connectivity index (χ2n) is 4.43. The van der Waals surface area contributed by atoms with Crippen molar-refractivity contribution in [3.63, 3.8) is 0 Å². The molecule has 0 aliphatic heterocycles. The Bertz CT molecular complexity index is 659. The van der Waals surface area contributed by atoms with E-state index < -0.39 is 0 Å². The second-order valence-corrected chi connectivity index (χ2v) is 7.18. The number of halogens is 2. The smallest absolute Gasteiger partial charge is 0.250 e. The van der Waals surface area contributed by atoms with Crippen molar-refractivity contribution in [1.29, 1.82) is 0 Å². The lowest BCUT2D eigenvalue weighted by Gasteiger charge is -2.03. The first-order valence-electron chi connectivity index (χ1n) is 6.54. The van der Waals surface area contributed by atoms with Crippen LogP contribution in [-0.2, 0) is 10.5 Å². The summed E-state index contributed by atoms with van der Waals surface area (Å²) in [6.45, 7) is 0. The number of hydrogen-bond acceptors (Lipinski definition) is 3. The molecule has 2 aromatic rings. The van der Waals surface area contributed by atoms with Crippen molar-refractivity contribution in [2.45, 2.75) is 5.75 Å². The highest BCUT2D eigenvalue weighted by Gasteiger charge is 2.02. The Morgan fingerprint density at radius 2 is 1.86 bits per heavy atom. The minimum Gasteiger partial charge on any atom is -0.272 e. The van der Waals surface area contributed by atoms with E-state index in [4.69, 9.17) is 0 Å². The van der Waals surface area contributed by atoms with Gasteiger partial charge in [-0.3, -0.25) is 4.79 Å². The average molecular weight is 442 g/mol. The summed E-state index contributed by atoms with van der Waals surface area (Å²) in [6.07, 6.45) is 1.63. The molecule has 0 aromatic heterocycles. The van der Waals surface area contributed by atoms with Gasteiger partial charge in [0.25, 0.3) is 0 Å². The number of carbonyl (C=O) groups excluding carboxylic acids is 1. The Kier molecular flexibility index (Phi) is 7.15. The van der Waals surface area contributed by atoms with Crippen molar-refractivity contribution < 1.29 is 4.79 Å². The molecule has 0 saturated heterocycles. The van der Waals surface area contributed by atoms with Crippen LogP contribution in [0.2, 0.25) is 0 Å². The standard InChI is InChI=1S/C16H14Br2N2OS/c17-14-7-5-12(6-8-14)9-19-20-16(21)11-22-10-13-3-1-2-4-15(13)18/h1-9H,10-11H2,(H,20,21). The van der Waals surface area contributed by atoms with Crippen molar-refractivity contribution >= 4 is 55.7 Å². The van der Waals surface area contributed by atoms with Crippen LogP contribution < -0.4 is 5.43 Å². The summed E-state index contributed by atoms with van der Waals surface area (Å²) in [5.74, 6) is 1.05. The molecule has 2 rings (SSSR count). The number of hydrogen-bond donors (Lipinski definition) is 1. The molecular formula is C16H14Br2N2OS. The van der Waals surface area contributed by atoms with E-state index in [9.17, 15) is 4.79 Å². The van der Waals surface area contributed by atoms with Gasteiger partial charge in [0.15, 0.2) is 0 Å². The van der Waals surface area contributed by atoms with E-state index in [1.807, 2.05) is 48.5 Å². The van der Waals surface area contributed by atoms with Gasteiger partial charge in [-0.1, -0.05) is 62.2 Å². The first-order valence-corrected chi connectivity index (χ1v) is 9.28. The molecule has 0 aliphatic rings. The Hall–Kier alpha value is -1.11. The summed E-state index contributed by atoms with van der Waals surface area (Å²) in [5, 5.41) is 3.95. The van der Waals surface area contributed by atoms with Crippen LogP contribution >= 0.6 is 43.6 Å². The highest BCUT2D eigenvalue weighted by molar-refractivity contribution is 9.10. The van der Waals surface area contributed by atoms with Crippen LogP contribution in [0.25, 0.3) is 0 Å². The molecule has 0 fully saturated rings. The van der Waals surface area contributed by atoms with Crippen molar-refractivity contribution in [3.8, 4) is 0 Å². The SMILES string of the molecule is O=C(CSCc1ccccc1Br)NN=Cc1ccc(Br)cc1. The van der Waals surface area contributed by atoms with Gasteiger partial charge in [-0.15, -0.1) is 11.8 Å². The van der Waals surface area contributed by atoms with Gasteiger partial charge in [0, 0.05) is 14.7 Å². The van der Waals surface area contributed by atoms with Crippen LogP contribution in [0.1, 0.15) is 11.1 Å². The van der Waals surface area contributed by atoms with E-state index in [0.29, 0.717) is 5.75 Å². The molecule has 3 nitrogen and oxygen atoms in total. The number of amides is 1. The molecule has 0 heterocycles. The maximum atomic E-state index is 11.7. The molecule has 0 atom stereocenters. The number of hydrazone groups is 1. The number of rotatable bonds is 6. The summed E-state index contributed by atoms with van der Waals surface area (Å²) in [6, 6.07) is 15.7. The molecule has 0 unspecified atom stereocenters. The van der Waals surface area contributed by atoms with Crippen LogP contribution in [0.5, 0.6) is 0 Å². The number of carbonyl (C=O) groups is 1. The summed E-state index contributed by atoms with van der Waals surface area (Å²) in [4.78, 5) is 11.7. The van der Waals surface area contributed by atoms with E-state index in [0.717, 1.165) is 20.3 Å². The van der Waals surface area contributed by atoms with Gasteiger partial charge < -0.3 is 0 Å². The van der Waals surface area contributed by atoms with Crippen LogP contribution in [0, 0.1) is 0 Å². The van der Waals surface area contributed by atoms with Crippen LogP contribution in [0.4, 0.5) is 0 Å². The van der Waals surface area contributed by atoms with Crippen molar-refractivity contribution in [3.05, 3.63) is 68.6 Å². The van der Waals surface area contributed by atoms with Crippen LogP contribution in [0.15, 0.2) is 62.6 Å². The monoisotopic (exact) mass is 440 g/mol. The molecule has 1 N–H and O–H groups in total. The highest BCUT2D eigenvalue weighted by Crippen LogP contribution is 2.21. The maximum absolute atomic E-state index is 11.7. The summed E-state index contributed by atoms with van der Waals surface area (Å²) >= 11 is 8.42. The fourth-order valence-corrected chi connectivity index (χ4v) is 3.33. The van der Waals surface area contributed by atoms with Gasteiger partial charge in [-0.05, 0) is 29.3 Å².